The third-order valence-corrected chi connectivity index (χ3v) is 8.00. The summed E-state index contributed by atoms with van der Waals surface area (Å²) in [4.78, 5) is 0. The van der Waals surface area contributed by atoms with Gasteiger partial charge in [-0.1, -0.05) is 151 Å². The molecule has 0 N–H and O–H groups in total. The second kappa shape index (κ2) is 10.4. The van der Waals surface area contributed by atoms with Crippen LogP contribution in [0.25, 0.3) is 88.0 Å². The Bertz CT molecular complexity index is 3290. The second-order valence-corrected chi connectivity index (χ2v) is 10.5. The van der Waals surface area contributed by atoms with Gasteiger partial charge in [0.05, 0.1) is 20.6 Å². The summed E-state index contributed by atoms with van der Waals surface area (Å²) in [6.07, 6.45) is 0. The molecule has 0 saturated heterocycles. The van der Waals surface area contributed by atoms with E-state index < -0.39 is 78.1 Å². The number of rotatable bonds is 4. The summed E-state index contributed by atoms with van der Waals surface area (Å²) in [5, 5.41) is 1.62. The topological polar surface area (TPSA) is 13.1 Å². The molecular weight excluding hydrogens is 544 g/mol. The summed E-state index contributed by atoms with van der Waals surface area (Å²) in [5.41, 5.74) is 0.172. The maximum absolute atomic E-state index is 9.46. The van der Waals surface area contributed by atoms with Crippen LogP contribution in [0.5, 0.6) is 0 Å². The molecule has 0 radical (unpaired) electrons. The van der Waals surface area contributed by atoms with Crippen molar-refractivity contribution in [2.24, 2.45) is 0 Å². The van der Waals surface area contributed by atoms with Crippen LogP contribution in [0, 0.1) is 0 Å². The number of fused-ring (bicyclic) bond motifs is 5. The predicted molar refractivity (Wildman–Crippen MR) is 190 cm³/mol. The molecular formula is C44H28O. The van der Waals surface area contributed by atoms with Crippen LogP contribution in [0.2, 0.25) is 0 Å². The molecule has 210 valence electrons. The van der Waals surface area contributed by atoms with E-state index in [0.29, 0.717) is 32.7 Å². The fourth-order valence-corrected chi connectivity index (χ4v) is 6.11. The van der Waals surface area contributed by atoms with Crippen LogP contribution in [0.3, 0.4) is 0 Å². The van der Waals surface area contributed by atoms with Crippen LogP contribution in [0.1, 0.15) is 20.6 Å². The Kier molecular flexibility index (Phi) is 3.39. The second-order valence-electron chi connectivity index (χ2n) is 10.5. The zero-order valence-corrected chi connectivity index (χ0v) is 23.4. The van der Waals surface area contributed by atoms with Crippen LogP contribution in [-0.4, -0.2) is 0 Å². The Hall–Kier alpha value is -5.92. The van der Waals surface area contributed by atoms with Crippen LogP contribution < -0.4 is 0 Å². The molecule has 0 aliphatic rings. The van der Waals surface area contributed by atoms with Gasteiger partial charge in [0, 0.05) is 10.8 Å². The highest BCUT2D eigenvalue weighted by atomic mass is 16.3. The molecule has 0 unspecified atom stereocenters. The fourth-order valence-electron chi connectivity index (χ4n) is 6.11. The minimum Gasteiger partial charge on any atom is -0.456 e. The van der Waals surface area contributed by atoms with Gasteiger partial charge in [0.25, 0.3) is 0 Å². The highest BCUT2D eigenvalue weighted by Gasteiger charge is 2.21. The van der Waals surface area contributed by atoms with Crippen molar-refractivity contribution in [3.8, 4) is 44.5 Å². The van der Waals surface area contributed by atoms with Gasteiger partial charge < -0.3 is 4.42 Å². The minimum absolute atomic E-state index is 0.00886. The molecule has 0 aliphatic heterocycles. The summed E-state index contributed by atoms with van der Waals surface area (Å²) < 4.78 is 140. The molecule has 1 heteroatoms. The summed E-state index contributed by atoms with van der Waals surface area (Å²) in [7, 11) is 0. The first-order valence-electron chi connectivity index (χ1n) is 21.7. The first-order valence-corrected chi connectivity index (χ1v) is 14.2. The standard InChI is InChI=1S/C44H28O/c1-3-14-29(15-4-1)31-26-27-38-41(28-31)45-40-25-13-24-39(44(38)40)43-36-22-11-9-20-34(36)42(35-21-10-12-23-37(35)43)33-19-8-7-18-32(33)30-16-5-2-6-17-30/h1-28H/i2D,5D,6D,7D,8D,13D,16D,17D,18D,19D,24D,25D,26D,27D,28D. The SMILES string of the molecule is [2H]c1c([2H])c([2H])c(-c2c([2H])c([2H])c([2H])c([2H])c2-c2c3ccccc3c(-c3c([2H])c([2H])c([2H])c4oc5c([2H])c(-c6ccccc6)c([2H])c([2H])c5c34)c3ccccc23)c([2H])c1[2H]. The summed E-state index contributed by atoms with van der Waals surface area (Å²) in [6, 6.07) is 14.3. The van der Waals surface area contributed by atoms with Gasteiger partial charge in [-0.15, -0.1) is 0 Å². The maximum atomic E-state index is 9.46. The van der Waals surface area contributed by atoms with Gasteiger partial charge in [-0.25, -0.2) is 0 Å². The number of hydrogen-bond donors (Lipinski definition) is 0. The van der Waals surface area contributed by atoms with E-state index in [1.165, 1.54) is 0 Å². The van der Waals surface area contributed by atoms with Crippen molar-refractivity contribution in [3.63, 3.8) is 0 Å². The summed E-state index contributed by atoms with van der Waals surface area (Å²) in [6.45, 7) is 0. The third kappa shape index (κ3) is 4.09. The van der Waals surface area contributed by atoms with Crippen molar-refractivity contribution < 1.29 is 25.0 Å². The maximum Gasteiger partial charge on any atom is 0.136 e. The number of benzene rings is 8. The van der Waals surface area contributed by atoms with Crippen molar-refractivity contribution in [3.05, 3.63) is 169 Å². The molecule has 1 heterocycles. The van der Waals surface area contributed by atoms with Crippen molar-refractivity contribution in [2.45, 2.75) is 0 Å². The van der Waals surface area contributed by atoms with Crippen molar-refractivity contribution in [1.82, 2.24) is 0 Å². The van der Waals surface area contributed by atoms with E-state index >= 15 is 0 Å². The smallest absolute Gasteiger partial charge is 0.136 e. The van der Waals surface area contributed by atoms with Crippen LogP contribution in [-0.2, 0) is 0 Å². The lowest BCUT2D eigenvalue weighted by atomic mass is 9.83. The molecule has 0 amide bonds. The normalized spacial score (nSPS) is 16.2. The molecule has 45 heavy (non-hydrogen) atoms. The van der Waals surface area contributed by atoms with Crippen LogP contribution in [0.15, 0.2) is 174 Å². The van der Waals surface area contributed by atoms with Crippen molar-refractivity contribution >= 4 is 43.5 Å². The molecule has 0 saturated carbocycles. The van der Waals surface area contributed by atoms with E-state index in [-0.39, 0.29) is 67.9 Å². The van der Waals surface area contributed by atoms with E-state index in [9.17, 15) is 5.48 Å². The lowest BCUT2D eigenvalue weighted by Gasteiger charge is -2.20. The molecule has 1 nitrogen and oxygen atoms in total. The molecule has 0 spiro atoms. The zero-order chi connectivity index (χ0) is 42.8. The largest absolute Gasteiger partial charge is 0.456 e. The van der Waals surface area contributed by atoms with Gasteiger partial charge in [-0.05, 0) is 84.2 Å². The van der Waals surface area contributed by atoms with Gasteiger partial charge in [0.15, 0.2) is 0 Å². The highest BCUT2D eigenvalue weighted by Crippen LogP contribution is 2.48. The molecule has 0 bridgehead atoms. The van der Waals surface area contributed by atoms with Gasteiger partial charge >= 0.3 is 0 Å². The Labute approximate surface area is 282 Å². The lowest BCUT2D eigenvalue weighted by molar-refractivity contribution is 0.669. The molecule has 9 rings (SSSR count). The number of furan rings is 1. The molecule has 0 fully saturated rings. The van der Waals surface area contributed by atoms with Crippen LogP contribution in [0.4, 0.5) is 0 Å². The van der Waals surface area contributed by atoms with Gasteiger partial charge in [-0.2, -0.15) is 0 Å². The molecule has 9 aromatic rings. The van der Waals surface area contributed by atoms with Crippen molar-refractivity contribution in [2.75, 3.05) is 0 Å². The molecule has 1 aromatic heterocycles. The average molecular weight is 588 g/mol. The van der Waals surface area contributed by atoms with Gasteiger partial charge in [-0.3, -0.25) is 0 Å². The molecule has 8 aromatic carbocycles. The van der Waals surface area contributed by atoms with E-state index in [0.717, 1.165) is 0 Å². The molecule has 0 atom stereocenters. The first kappa shape index (κ1) is 14.7. The van der Waals surface area contributed by atoms with E-state index in [2.05, 4.69) is 0 Å². The quantitative estimate of drug-likeness (QED) is 0.187. The minimum atomic E-state index is -0.686. The summed E-state index contributed by atoms with van der Waals surface area (Å²) in [5.74, 6) is 0. The van der Waals surface area contributed by atoms with E-state index in [4.69, 9.17) is 19.5 Å². The first-order chi connectivity index (χ1) is 28.6. The lowest BCUT2D eigenvalue weighted by Crippen LogP contribution is -1.93. The zero-order valence-electron chi connectivity index (χ0n) is 38.4. The van der Waals surface area contributed by atoms with E-state index in [1.807, 2.05) is 0 Å². The fraction of sp³-hybridized carbons (Fsp3) is 0. The van der Waals surface area contributed by atoms with Crippen molar-refractivity contribution in [1.29, 1.82) is 0 Å². The van der Waals surface area contributed by atoms with Gasteiger partial charge in [0.2, 0.25) is 0 Å². The molecule has 0 aliphatic carbocycles. The van der Waals surface area contributed by atoms with Crippen LogP contribution >= 0.6 is 0 Å². The number of hydrogen-bond acceptors (Lipinski definition) is 1. The highest BCUT2D eigenvalue weighted by molar-refractivity contribution is 6.26. The Morgan fingerprint density at radius 1 is 0.378 bits per heavy atom. The summed E-state index contributed by atoms with van der Waals surface area (Å²) >= 11 is 0. The Morgan fingerprint density at radius 3 is 1.64 bits per heavy atom. The monoisotopic (exact) mass is 587 g/mol. The Balaban J connectivity index is 1.50. The Morgan fingerprint density at radius 2 is 0.956 bits per heavy atom. The predicted octanol–water partition coefficient (Wildman–Crippen LogP) is 12.6. The van der Waals surface area contributed by atoms with Gasteiger partial charge in [0.1, 0.15) is 11.2 Å². The third-order valence-electron chi connectivity index (χ3n) is 8.00. The van der Waals surface area contributed by atoms with E-state index in [1.54, 1.807) is 78.9 Å². The average Bonchev–Trinajstić information content (AvgIpc) is 3.66.